The Hall–Kier alpha value is -2.63. The first-order valence-electron chi connectivity index (χ1n) is 10.1. The fraction of sp³-hybridized carbons (Fsp3) is 0.429. The van der Waals surface area contributed by atoms with Crippen LogP contribution >= 0.6 is 24.0 Å². The Balaban J connectivity index is 0.00000341. The number of rotatable bonds is 9. The second-order valence-electron chi connectivity index (χ2n) is 7.04. The number of guanidine groups is 1. The van der Waals surface area contributed by atoms with E-state index in [0.717, 1.165) is 41.5 Å². The monoisotopic (exact) mass is 538 g/mol. The van der Waals surface area contributed by atoms with Crippen molar-refractivity contribution in [3.63, 3.8) is 0 Å². The number of hydrogen-bond donors (Lipinski definition) is 3. The number of nitrogens with zero attached hydrogens (tertiary/aromatic N) is 5. The van der Waals surface area contributed by atoms with Gasteiger partial charge in [0.25, 0.3) is 0 Å². The predicted octanol–water partition coefficient (Wildman–Crippen LogP) is 2.76. The van der Waals surface area contributed by atoms with Gasteiger partial charge in [0.15, 0.2) is 11.6 Å². The minimum Gasteiger partial charge on any atom is -0.497 e. The zero-order chi connectivity index (χ0) is 21.3. The molecule has 0 spiro atoms. The highest BCUT2D eigenvalue weighted by molar-refractivity contribution is 14.0. The lowest BCUT2D eigenvalue weighted by atomic mass is 9.98. The highest BCUT2D eigenvalue weighted by Crippen LogP contribution is 2.21. The van der Waals surface area contributed by atoms with Crippen molar-refractivity contribution in [3.8, 4) is 5.75 Å². The molecule has 0 aliphatic carbocycles. The lowest BCUT2D eigenvalue weighted by molar-refractivity contribution is 0.414. The van der Waals surface area contributed by atoms with Crippen LogP contribution in [0.2, 0.25) is 0 Å². The van der Waals surface area contributed by atoms with Crippen molar-refractivity contribution in [1.29, 1.82) is 0 Å². The number of hydrogen-bond acceptors (Lipinski definition) is 6. The van der Waals surface area contributed by atoms with E-state index < -0.39 is 0 Å². The molecule has 168 valence electrons. The van der Waals surface area contributed by atoms with Gasteiger partial charge in [-0.15, -0.1) is 24.0 Å². The van der Waals surface area contributed by atoms with E-state index in [1.807, 2.05) is 19.2 Å². The summed E-state index contributed by atoms with van der Waals surface area (Å²) in [7, 11) is 5.33. The molecule has 0 aliphatic rings. The topological polar surface area (TPSA) is 101 Å². The van der Waals surface area contributed by atoms with Crippen LogP contribution in [0.4, 0.5) is 5.82 Å². The van der Waals surface area contributed by atoms with E-state index in [-0.39, 0.29) is 24.0 Å². The van der Waals surface area contributed by atoms with E-state index in [0.29, 0.717) is 19.0 Å². The van der Waals surface area contributed by atoms with Crippen molar-refractivity contribution in [2.24, 2.45) is 12.0 Å². The normalized spacial score (nSPS) is 12.2. The SMILES string of the molecule is CN=C(NCCNc1ncnc2c1cnn2C)NCCC(C)c1ccc(OC)cc1.I. The molecule has 2 aromatic heterocycles. The molecule has 10 heteroatoms. The molecule has 0 amide bonds. The number of aliphatic imine (C=N–C) groups is 1. The highest BCUT2D eigenvalue weighted by Gasteiger charge is 2.08. The molecule has 0 aliphatic heterocycles. The van der Waals surface area contributed by atoms with Crippen LogP contribution in [0.15, 0.2) is 41.8 Å². The maximum absolute atomic E-state index is 5.22. The van der Waals surface area contributed by atoms with Gasteiger partial charge < -0.3 is 20.7 Å². The van der Waals surface area contributed by atoms with Gasteiger partial charge in [-0.25, -0.2) is 9.97 Å². The maximum Gasteiger partial charge on any atom is 0.191 e. The smallest absolute Gasteiger partial charge is 0.191 e. The molecular weight excluding hydrogens is 507 g/mol. The largest absolute Gasteiger partial charge is 0.497 e. The number of methoxy groups -OCH3 is 1. The van der Waals surface area contributed by atoms with Crippen molar-refractivity contribution in [2.45, 2.75) is 19.3 Å². The summed E-state index contributed by atoms with van der Waals surface area (Å²) in [5, 5.41) is 15.2. The van der Waals surface area contributed by atoms with Crippen LogP contribution in [-0.2, 0) is 7.05 Å². The van der Waals surface area contributed by atoms with E-state index in [2.05, 4.69) is 55.1 Å². The molecule has 0 saturated heterocycles. The van der Waals surface area contributed by atoms with Gasteiger partial charge in [0.05, 0.1) is 18.7 Å². The van der Waals surface area contributed by atoms with E-state index in [9.17, 15) is 0 Å². The molecule has 2 heterocycles. The van der Waals surface area contributed by atoms with Crippen LogP contribution in [0.1, 0.15) is 24.8 Å². The second kappa shape index (κ2) is 12.3. The number of halogens is 1. The summed E-state index contributed by atoms with van der Waals surface area (Å²) < 4.78 is 6.96. The zero-order valence-electron chi connectivity index (χ0n) is 18.4. The van der Waals surface area contributed by atoms with Gasteiger partial charge in [0, 0.05) is 33.7 Å². The molecule has 3 N–H and O–H groups in total. The number of anilines is 1. The van der Waals surface area contributed by atoms with Crippen molar-refractivity contribution in [1.82, 2.24) is 30.4 Å². The molecule has 0 fully saturated rings. The van der Waals surface area contributed by atoms with Crippen LogP contribution < -0.4 is 20.7 Å². The first-order valence-corrected chi connectivity index (χ1v) is 10.1. The predicted molar refractivity (Wildman–Crippen MR) is 136 cm³/mol. The molecule has 3 aromatic rings. The van der Waals surface area contributed by atoms with Gasteiger partial charge in [-0.05, 0) is 30.0 Å². The first kappa shape index (κ1) is 24.6. The Bertz CT molecular complexity index is 973. The number of ether oxygens (including phenoxy) is 1. The molecule has 0 saturated carbocycles. The van der Waals surface area contributed by atoms with Crippen molar-refractivity contribution in [2.75, 3.05) is 39.1 Å². The third kappa shape index (κ3) is 6.68. The fourth-order valence-electron chi connectivity index (χ4n) is 3.19. The van der Waals surface area contributed by atoms with Gasteiger partial charge in [0.2, 0.25) is 0 Å². The van der Waals surface area contributed by atoms with E-state index in [1.54, 1.807) is 31.4 Å². The third-order valence-electron chi connectivity index (χ3n) is 5.02. The molecule has 31 heavy (non-hydrogen) atoms. The quantitative estimate of drug-likeness (QED) is 0.167. The van der Waals surface area contributed by atoms with Crippen LogP contribution in [-0.4, -0.2) is 59.5 Å². The Morgan fingerprint density at radius 2 is 1.87 bits per heavy atom. The van der Waals surface area contributed by atoms with Gasteiger partial charge in [0.1, 0.15) is 17.9 Å². The summed E-state index contributed by atoms with van der Waals surface area (Å²) in [6.45, 7) is 4.47. The summed E-state index contributed by atoms with van der Waals surface area (Å²) in [6.07, 6.45) is 4.32. The van der Waals surface area contributed by atoms with Crippen molar-refractivity contribution in [3.05, 3.63) is 42.4 Å². The number of nitrogens with one attached hydrogen (secondary N) is 3. The van der Waals surface area contributed by atoms with Gasteiger partial charge in [-0.3, -0.25) is 9.67 Å². The second-order valence-corrected chi connectivity index (χ2v) is 7.04. The maximum atomic E-state index is 5.22. The lowest BCUT2D eigenvalue weighted by Crippen LogP contribution is -2.40. The minimum absolute atomic E-state index is 0. The van der Waals surface area contributed by atoms with Gasteiger partial charge >= 0.3 is 0 Å². The third-order valence-corrected chi connectivity index (χ3v) is 5.02. The number of aromatic nitrogens is 4. The van der Waals surface area contributed by atoms with Crippen LogP contribution in [0.5, 0.6) is 5.75 Å². The van der Waals surface area contributed by atoms with Crippen LogP contribution in [0.3, 0.4) is 0 Å². The standard InChI is InChI=1S/C21H30N8O.HI/c1-15(16-5-7-17(30-4)8-6-16)9-10-24-21(22-2)25-12-11-23-19-18-13-28-29(3)20(18)27-14-26-19;/h5-8,13-15H,9-12H2,1-4H3,(H2,22,24,25)(H,23,26,27);1H. The van der Waals surface area contributed by atoms with Gasteiger partial charge in [-0.1, -0.05) is 19.1 Å². The molecule has 1 aromatic carbocycles. The summed E-state index contributed by atoms with van der Waals surface area (Å²) in [5.41, 5.74) is 2.11. The van der Waals surface area contributed by atoms with Crippen molar-refractivity contribution < 1.29 is 4.74 Å². The van der Waals surface area contributed by atoms with E-state index in [1.165, 1.54) is 5.56 Å². The Morgan fingerprint density at radius 3 is 2.58 bits per heavy atom. The molecule has 9 nitrogen and oxygen atoms in total. The zero-order valence-corrected chi connectivity index (χ0v) is 20.8. The molecule has 0 bridgehead atoms. The average Bonchev–Trinajstić information content (AvgIpc) is 3.17. The summed E-state index contributed by atoms with van der Waals surface area (Å²) in [6, 6.07) is 8.25. The van der Waals surface area contributed by atoms with Crippen molar-refractivity contribution >= 4 is 46.8 Å². The van der Waals surface area contributed by atoms with E-state index in [4.69, 9.17) is 4.74 Å². The Labute approximate surface area is 200 Å². The number of aryl methyl sites for hydroxylation is 1. The van der Waals surface area contributed by atoms with Crippen LogP contribution in [0.25, 0.3) is 11.0 Å². The molecule has 1 unspecified atom stereocenters. The molecular formula is C21H31IN8O. The Kier molecular flexibility index (Phi) is 9.76. The summed E-state index contributed by atoms with van der Waals surface area (Å²) in [4.78, 5) is 12.8. The van der Waals surface area contributed by atoms with Crippen LogP contribution in [0, 0.1) is 0 Å². The lowest BCUT2D eigenvalue weighted by Gasteiger charge is -2.16. The molecule has 1 atom stereocenters. The highest BCUT2D eigenvalue weighted by atomic mass is 127. The van der Waals surface area contributed by atoms with E-state index >= 15 is 0 Å². The minimum atomic E-state index is 0. The Morgan fingerprint density at radius 1 is 1.13 bits per heavy atom. The first-order chi connectivity index (χ1) is 14.6. The fourth-order valence-corrected chi connectivity index (χ4v) is 3.19. The molecule has 0 radical (unpaired) electrons. The van der Waals surface area contributed by atoms with Gasteiger partial charge in [-0.2, -0.15) is 5.10 Å². The average molecular weight is 538 g/mol. The summed E-state index contributed by atoms with van der Waals surface area (Å²) in [5.74, 6) is 2.90. The number of fused-ring (bicyclic) bond motifs is 1. The number of benzene rings is 1. The molecule has 3 rings (SSSR count). The summed E-state index contributed by atoms with van der Waals surface area (Å²) >= 11 is 0.